The van der Waals surface area contributed by atoms with Crippen molar-refractivity contribution in [2.45, 2.75) is 222 Å². The summed E-state index contributed by atoms with van der Waals surface area (Å²) in [6, 6.07) is 0. The average molecular weight is 1110 g/mol. The van der Waals surface area contributed by atoms with Crippen LogP contribution in [0, 0.1) is 50.2 Å². The third-order valence-corrected chi connectivity index (χ3v) is 20.7. The number of aliphatic hydroxyl groups excluding tert-OH is 14. The van der Waals surface area contributed by atoms with Crippen molar-refractivity contribution in [3.8, 4) is 0 Å². The van der Waals surface area contributed by atoms with Gasteiger partial charge >= 0.3 is 11.9 Å². The van der Waals surface area contributed by atoms with Crippen molar-refractivity contribution in [1.82, 2.24) is 0 Å². The fraction of sp³-hybridized carbons (Fsp3) is 0.923. The second-order valence-corrected chi connectivity index (χ2v) is 25.3. The van der Waals surface area contributed by atoms with Gasteiger partial charge in [0.15, 0.2) is 25.0 Å². The Morgan fingerprint density at radius 2 is 1.25 bits per heavy atom. The Kier molecular flexibility index (Phi) is 16.4. The van der Waals surface area contributed by atoms with E-state index in [9.17, 15) is 81.4 Å². The van der Waals surface area contributed by atoms with E-state index in [1.165, 1.54) is 6.92 Å². The molecule has 9 aliphatic rings. The number of esters is 1. The lowest BCUT2D eigenvalue weighted by molar-refractivity contribution is -0.369. The molecule has 15 N–H and O–H groups in total. The monoisotopic (exact) mass is 1110 g/mol. The molecule has 0 amide bonds. The van der Waals surface area contributed by atoms with Gasteiger partial charge in [0.05, 0.1) is 44.7 Å². The molecular formula is C52H82O25. The molecule has 25 nitrogen and oxygen atoms in total. The van der Waals surface area contributed by atoms with E-state index < -0.39 is 212 Å². The second-order valence-electron chi connectivity index (χ2n) is 25.3. The molecule has 0 aromatic rings. The molecule has 0 spiro atoms. The SMILES string of the molecule is C[C@@H]1O[C@@H](O[C@H]2[C@H](OC(=O)[C@]34CCC(C)(C)C[C@H]3C3=CC[C@@H]5[C@@]6(C)C[C@H](O)[C@H](O[C@@H]7O[C@H](CO)[C@@H](O)[C@H](O)[C@H]7O)[C@](CO)(C(=O)O)[C@@H]6CC[C@@]5(C)[C@]3(C)C[C@H]4O)OC[C@H](O)[C@@H]2O)[C@H](O)[C@H](O)[C@H]1O[C@@H]1OC[C@@H](O)[C@H](O)[C@H]1O. The van der Waals surface area contributed by atoms with Gasteiger partial charge in [0.25, 0.3) is 0 Å². The Labute approximate surface area is 445 Å². The smallest absolute Gasteiger partial charge is 0.317 e. The van der Waals surface area contributed by atoms with Crippen molar-refractivity contribution >= 4 is 11.9 Å². The first kappa shape index (κ1) is 59.5. The van der Waals surface area contributed by atoms with Crippen molar-refractivity contribution in [3.63, 3.8) is 0 Å². The first-order chi connectivity index (χ1) is 36.0. The lowest BCUT2D eigenvalue weighted by Crippen LogP contribution is -2.72. The van der Waals surface area contributed by atoms with Crippen LogP contribution in [0.5, 0.6) is 0 Å². The zero-order valence-electron chi connectivity index (χ0n) is 44.2. The number of rotatable bonds is 11. The summed E-state index contributed by atoms with van der Waals surface area (Å²) in [4.78, 5) is 29.1. The molecule has 4 aliphatic heterocycles. The fourth-order valence-corrected chi connectivity index (χ4v) is 16.1. The Hall–Kier alpha value is -2.16. The Balaban J connectivity index is 0.980. The number of carboxylic acid groups (broad SMARTS) is 1. The third kappa shape index (κ3) is 9.26. The van der Waals surface area contributed by atoms with Gasteiger partial charge in [-0.15, -0.1) is 0 Å². The highest BCUT2D eigenvalue weighted by Crippen LogP contribution is 2.76. The van der Waals surface area contributed by atoms with E-state index in [1.807, 2.05) is 13.8 Å². The van der Waals surface area contributed by atoms with Gasteiger partial charge in [0.1, 0.15) is 90.2 Å². The molecule has 77 heavy (non-hydrogen) atoms. The van der Waals surface area contributed by atoms with Crippen LogP contribution in [-0.4, -0.2) is 244 Å². The number of carbonyl (C=O) groups is 2. The van der Waals surface area contributed by atoms with Crippen molar-refractivity contribution in [2.24, 2.45) is 50.2 Å². The standard InChI is InChI=1S/C52H82O25/c1-20-38(74-41-35(64)30(59)24(56)17-70-41)34(63)37(66)42(72-20)75-39-31(60)25(57)18-71-44(39)77-46(69)51-12-11-47(2,3)13-22(51)21-7-8-27-48(4)14-23(55)40(76-43-36(65)33(62)32(61)26(16-53)73-43)52(19-54,45(67)68)28(48)9-10-49(27,5)50(21,6)15-29(51)58/h7,20,22-44,53-66H,8-19H2,1-6H3,(H,67,68)/t20-,22-,23-,24+,25-,26+,27+,28+,29+,30-,31-,32+,33-,34-,35+,36+,37+,38-,39+,40-,41-,42-,43-,44-,48+,49+,50+,51+,52+/m0/s1. The van der Waals surface area contributed by atoms with E-state index in [1.54, 1.807) is 0 Å². The number of fused-ring (bicyclic) bond motifs is 7. The maximum Gasteiger partial charge on any atom is 0.317 e. The largest absolute Gasteiger partial charge is 0.481 e. The summed E-state index contributed by atoms with van der Waals surface area (Å²) in [5, 5.41) is 165. The van der Waals surface area contributed by atoms with Crippen LogP contribution in [0.2, 0.25) is 0 Å². The summed E-state index contributed by atoms with van der Waals surface area (Å²) >= 11 is 0. The number of carboxylic acids is 1. The van der Waals surface area contributed by atoms with E-state index in [0.29, 0.717) is 25.7 Å². The zero-order valence-corrected chi connectivity index (χ0v) is 44.2. The van der Waals surface area contributed by atoms with Crippen LogP contribution in [0.25, 0.3) is 0 Å². The lowest BCUT2D eigenvalue weighted by atomic mass is 9.33. The van der Waals surface area contributed by atoms with Crippen LogP contribution in [0.3, 0.4) is 0 Å². The van der Waals surface area contributed by atoms with E-state index in [0.717, 1.165) is 5.57 Å². The van der Waals surface area contributed by atoms with Gasteiger partial charge in [-0.1, -0.05) is 46.3 Å². The first-order valence-corrected chi connectivity index (χ1v) is 27.0. The van der Waals surface area contributed by atoms with Gasteiger partial charge in [0.2, 0.25) is 6.29 Å². The fourth-order valence-electron chi connectivity index (χ4n) is 16.1. The highest BCUT2D eigenvalue weighted by molar-refractivity contribution is 5.80. The van der Waals surface area contributed by atoms with Crippen molar-refractivity contribution < 1.29 is 124 Å². The topological polar surface area (TPSA) is 411 Å². The summed E-state index contributed by atoms with van der Waals surface area (Å²) < 4.78 is 46.7. The minimum atomic E-state index is -2.19. The molecule has 29 atom stereocenters. The van der Waals surface area contributed by atoms with Gasteiger partial charge < -0.3 is 114 Å². The molecule has 4 heterocycles. The summed E-state index contributed by atoms with van der Waals surface area (Å²) in [6.07, 6.45) is -30.5. The van der Waals surface area contributed by atoms with E-state index in [2.05, 4.69) is 26.8 Å². The Morgan fingerprint density at radius 3 is 1.90 bits per heavy atom. The lowest BCUT2D eigenvalue weighted by Gasteiger charge is -2.72. The third-order valence-electron chi connectivity index (χ3n) is 20.7. The van der Waals surface area contributed by atoms with Crippen LogP contribution in [0.4, 0.5) is 0 Å². The molecule has 0 aromatic heterocycles. The predicted octanol–water partition coefficient (Wildman–Crippen LogP) is -3.75. The molecular weight excluding hydrogens is 1020 g/mol. The molecule has 9 rings (SSSR count). The Bertz CT molecular complexity index is 2180. The van der Waals surface area contributed by atoms with Gasteiger partial charge in [-0.2, -0.15) is 0 Å². The Morgan fingerprint density at radius 1 is 0.636 bits per heavy atom. The molecule has 4 saturated heterocycles. The van der Waals surface area contributed by atoms with Crippen molar-refractivity contribution in [3.05, 3.63) is 11.6 Å². The quantitative estimate of drug-likeness (QED) is 0.0537. The van der Waals surface area contributed by atoms with Crippen LogP contribution < -0.4 is 0 Å². The number of allylic oxidation sites excluding steroid dienone is 2. The number of hydrogen-bond donors (Lipinski definition) is 15. The molecule has 0 aromatic carbocycles. The first-order valence-electron chi connectivity index (χ1n) is 27.0. The van der Waals surface area contributed by atoms with E-state index >= 15 is 4.79 Å². The van der Waals surface area contributed by atoms with Crippen molar-refractivity contribution in [2.75, 3.05) is 26.4 Å². The number of carbonyl (C=O) groups excluding carboxylic acids is 1. The van der Waals surface area contributed by atoms with Crippen LogP contribution >= 0.6 is 0 Å². The molecule has 8 fully saturated rings. The summed E-state index contributed by atoms with van der Waals surface area (Å²) in [5.74, 6) is -4.26. The molecule has 4 saturated carbocycles. The molecule has 25 heteroatoms. The summed E-state index contributed by atoms with van der Waals surface area (Å²) in [6.45, 7) is 8.89. The van der Waals surface area contributed by atoms with Gasteiger partial charge in [-0.05, 0) is 97.7 Å². The molecule has 0 radical (unpaired) electrons. The maximum atomic E-state index is 15.3. The van der Waals surface area contributed by atoms with Crippen molar-refractivity contribution in [1.29, 1.82) is 0 Å². The summed E-state index contributed by atoms with van der Waals surface area (Å²) in [5.41, 5.74) is -5.90. The van der Waals surface area contributed by atoms with Crippen LogP contribution in [0.1, 0.15) is 92.9 Å². The molecule has 0 bridgehead atoms. The second kappa shape index (κ2) is 21.2. The zero-order chi connectivity index (χ0) is 56.4. The van der Waals surface area contributed by atoms with Gasteiger partial charge in [0, 0.05) is 0 Å². The predicted molar refractivity (Wildman–Crippen MR) is 256 cm³/mol. The average Bonchev–Trinajstić information content (AvgIpc) is 3.56. The maximum absolute atomic E-state index is 15.3. The molecule has 440 valence electrons. The van der Waals surface area contributed by atoms with Crippen LogP contribution in [0.15, 0.2) is 11.6 Å². The highest BCUT2D eigenvalue weighted by atomic mass is 16.8. The van der Waals surface area contributed by atoms with E-state index in [4.69, 9.17) is 37.9 Å². The number of ether oxygens (including phenoxy) is 8. The number of hydrogen-bond acceptors (Lipinski definition) is 24. The minimum absolute atomic E-state index is 0.0322. The number of aliphatic carboxylic acids is 1. The molecule has 5 aliphatic carbocycles. The van der Waals surface area contributed by atoms with Gasteiger partial charge in [-0.25, -0.2) is 0 Å². The summed E-state index contributed by atoms with van der Waals surface area (Å²) in [7, 11) is 0. The number of aliphatic hydroxyl groups is 14. The van der Waals surface area contributed by atoms with Crippen LogP contribution in [-0.2, 0) is 47.5 Å². The normalized spacial score (nSPS) is 54.6. The van der Waals surface area contributed by atoms with Gasteiger partial charge in [-0.3, -0.25) is 9.59 Å². The minimum Gasteiger partial charge on any atom is -0.481 e. The molecule has 0 unspecified atom stereocenters. The highest BCUT2D eigenvalue weighted by Gasteiger charge is 2.75. The van der Waals surface area contributed by atoms with E-state index in [-0.39, 0.29) is 31.1 Å².